The average Bonchev–Trinajstić information content (AvgIpc) is 2.83. The second-order valence-corrected chi connectivity index (χ2v) is 4.89. The van der Waals surface area contributed by atoms with Crippen LogP contribution in [0.5, 0.6) is 11.5 Å². The Labute approximate surface area is 108 Å². The quantitative estimate of drug-likeness (QED) is 0.868. The normalized spacial score (nSPS) is 23.1. The van der Waals surface area contributed by atoms with Gasteiger partial charge in [0.2, 0.25) is 0 Å². The monoisotopic (exact) mass is 251 g/mol. The van der Waals surface area contributed by atoms with E-state index in [4.69, 9.17) is 14.2 Å². The molecule has 0 aromatic heterocycles. The first kappa shape index (κ1) is 13.2. The predicted octanol–water partition coefficient (Wildman–Crippen LogP) is 1.97. The van der Waals surface area contributed by atoms with Gasteiger partial charge in [-0.25, -0.2) is 0 Å². The van der Waals surface area contributed by atoms with Gasteiger partial charge in [-0.2, -0.15) is 0 Å². The third-order valence-corrected chi connectivity index (χ3v) is 3.42. The Balaban J connectivity index is 2.04. The highest BCUT2D eigenvalue weighted by Crippen LogP contribution is 2.26. The van der Waals surface area contributed by atoms with Crippen LogP contribution in [0.2, 0.25) is 0 Å². The zero-order chi connectivity index (χ0) is 13.0. The van der Waals surface area contributed by atoms with Crippen LogP contribution in [-0.4, -0.2) is 33.0 Å². The third-order valence-electron chi connectivity index (χ3n) is 3.42. The Morgan fingerprint density at radius 2 is 2.17 bits per heavy atom. The maximum atomic E-state index is 5.43. The largest absolute Gasteiger partial charge is 0.497 e. The molecule has 4 heteroatoms. The summed E-state index contributed by atoms with van der Waals surface area (Å²) in [5.74, 6) is 1.66. The number of hydrogen-bond acceptors (Lipinski definition) is 4. The summed E-state index contributed by atoms with van der Waals surface area (Å²) in [5, 5.41) is 3.54. The lowest BCUT2D eigenvalue weighted by molar-refractivity contribution is 0.171. The van der Waals surface area contributed by atoms with Gasteiger partial charge in [0.15, 0.2) is 0 Å². The molecule has 0 radical (unpaired) electrons. The number of benzene rings is 1. The summed E-state index contributed by atoms with van der Waals surface area (Å²) < 4.78 is 16.0. The molecule has 18 heavy (non-hydrogen) atoms. The van der Waals surface area contributed by atoms with Crippen LogP contribution in [0.15, 0.2) is 18.2 Å². The Morgan fingerprint density at radius 3 is 2.78 bits per heavy atom. The van der Waals surface area contributed by atoms with E-state index in [9.17, 15) is 0 Å². The molecule has 0 aliphatic carbocycles. The van der Waals surface area contributed by atoms with Crippen LogP contribution in [0.4, 0.5) is 0 Å². The van der Waals surface area contributed by atoms with Crippen LogP contribution in [-0.2, 0) is 11.3 Å². The summed E-state index contributed by atoms with van der Waals surface area (Å²) in [4.78, 5) is 0. The van der Waals surface area contributed by atoms with Crippen molar-refractivity contribution >= 4 is 0 Å². The van der Waals surface area contributed by atoms with Crippen molar-refractivity contribution in [1.82, 2.24) is 5.32 Å². The first-order valence-electron chi connectivity index (χ1n) is 6.20. The van der Waals surface area contributed by atoms with E-state index in [-0.39, 0.29) is 5.54 Å². The number of ether oxygens (including phenoxy) is 3. The highest BCUT2D eigenvalue weighted by atomic mass is 16.5. The van der Waals surface area contributed by atoms with Crippen molar-refractivity contribution in [3.8, 4) is 11.5 Å². The molecule has 0 saturated carbocycles. The summed E-state index contributed by atoms with van der Waals surface area (Å²) in [7, 11) is 3.34. The minimum absolute atomic E-state index is 0.0743. The molecular weight excluding hydrogens is 230 g/mol. The van der Waals surface area contributed by atoms with Crippen molar-refractivity contribution < 1.29 is 14.2 Å². The molecule has 0 bridgehead atoms. The molecule has 1 N–H and O–H groups in total. The fourth-order valence-corrected chi connectivity index (χ4v) is 2.11. The standard InChI is InChI=1S/C14H21NO3/c1-14(6-7-18-10-14)15-9-11-4-5-12(16-2)8-13(11)17-3/h4-5,8,15H,6-7,9-10H2,1-3H3. The van der Waals surface area contributed by atoms with Gasteiger partial charge in [-0.1, -0.05) is 6.07 Å². The molecule has 1 atom stereocenters. The fourth-order valence-electron chi connectivity index (χ4n) is 2.11. The topological polar surface area (TPSA) is 39.7 Å². The fraction of sp³-hybridized carbons (Fsp3) is 0.571. The van der Waals surface area contributed by atoms with Crippen LogP contribution >= 0.6 is 0 Å². The summed E-state index contributed by atoms with van der Waals surface area (Å²) in [5.41, 5.74) is 1.21. The molecule has 0 spiro atoms. The number of methoxy groups -OCH3 is 2. The van der Waals surface area contributed by atoms with E-state index in [1.807, 2.05) is 18.2 Å². The van der Waals surface area contributed by atoms with Gasteiger partial charge in [0.25, 0.3) is 0 Å². The molecule has 1 aromatic carbocycles. The van der Waals surface area contributed by atoms with Crippen molar-refractivity contribution in [2.75, 3.05) is 27.4 Å². The molecule has 1 fully saturated rings. The van der Waals surface area contributed by atoms with Crippen LogP contribution in [0, 0.1) is 0 Å². The van der Waals surface area contributed by atoms with Crippen molar-refractivity contribution in [3.63, 3.8) is 0 Å². The van der Waals surface area contributed by atoms with E-state index in [1.165, 1.54) is 0 Å². The lowest BCUT2D eigenvalue weighted by Crippen LogP contribution is -2.42. The van der Waals surface area contributed by atoms with Crippen molar-refractivity contribution in [3.05, 3.63) is 23.8 Å². The zero-order valence-electron chi connectivity index (χ0n) is 11.3. The lowest BCUT2D eigenvalue weighted by Gasteiger charge is -2.24. The van der Waals surface area contributed by atoms with Gasteiger partial charge in [0.05, 0.1) is 20.8 Å². The predicted molar refractivity (Wildman–Crippen MR) is 70.2 cm³/mol. The van der Waals surface area contributed by atoms with Crippen molar-refractivity contribution in [2.45, 2.75) is 25.4 Å². The Hall–Kier alpha value is -1.26. The van der Waals surface area contributed by atoms with E-state index >= 15 is 0 Å². The Kier molecular flexibility index (Phi) is 4.09. The van der Waals surface area contributed by atoms with Crippen molar-refractivity contribution in [2.24, 2.45) is 0 Å². The smallest absolute Gasteiger partial charge is 0.127 e. The maximum Gasteiger partial charge on any atom is 0.127 e. The van der Waals surface area contributed by atoms with Gasteiger partial charge in [0.1, 0.15) is 11.5 Å². The van der Waals surface area contributed by atoms with Gasteiger partial charge < -0.3 is 19.5 Å². The molecule has 2 rings (SSSR count). The van der Waals surface area contributed by atoms with E-state index in [1.54, 1.807) is 14.2 Å². The first-order chi connectivity index (χ1) is 8.67. The van der Waals surface area contributed by atoms with Crippen LogP contribution in [0.3, 0.4) is 0 Å². The second kappa shape index (κ2) is 5.59. The zero-order valence-corrected chi connectivity index (χ0v) is 11.3. The summed E-state index contributed by atoms with van der Waals surface area (Å²) in [6.07, 6.45) is 1.05. The van der Waals surface area contributed by atoms with Gasteiger partial charge in [-0.3, -0.25) is 0 Å². The van der Waals surface area contributed by atoms with Gasteiger partial charge in [-0.15, -0.1) is 0 Å². The Morgan fingerprint density at radius 1 is 1.33 bits per heavy atom. The molecule has 4 nitrogen and oxygen atoms in total. The molecule has 1 unspecified atom stereocenters. The van der Waals surface area contributed by atoms with Gasteiger partial charge >= 0.3 is 0 Å². The van der Waals surface area contributed by atoms with E-state index in [0.717, 1.165) is 43.2 Å². The summed E-state index contributed by atoms with van der Waals surface area (Å²) >= 11 is 0. The maximum absolute atomic E-state index is 5.43. The molecule has 1 aliphatic heterocycles. The molecule has 1 saturated heterocycles. The van der Waals surface area contributed by atoms with E-state index in [0.29, 0.717) is 0 Å². The summed E-state index contributed by atoms with van der Waals surface area (Å²) in [6, 6.07) is 5.89. The highest BCUT2D eigenvalue weighted by molar-refractivity contribution is 5.40. The van der Waals surface area contributed by atoms with Crippen LogP contribution in [0.1, 0.15) is 18.9 Å². The highest BCUT2D eigenvalue weighted by Gasteiger charge is 2.28. The van der Waals surface area contributed by atoms with Crippen LogP contribution < -0.4 is 14.8 Å². The number of hydrogen-bond donors (Lipinski definition) is 1. The molecule has 100 valence electrons. The SMILES string of the molecule is COc1ccc(CNC2(C)CCOC2)c(OC)c1. The minimum Gasteiger partial charge on any atom is -0.497 e. The Bertz CT molecular complexity index is 400. The van der Waals surface area contributed by atoms with Crippen LogP contribution in [0.25, 0.3) is 0 Å². The van der Waals surface area contributed by atoms with Gasteiger partial charge in [-0.05, 0) is 19.4 Å². The molecule has 0 amide bonds. The number of rotatable bonds is 5. The molecule has 1 aliphatic rings. The number of nitrogens with one attached hydrogen (secondary N) is 1. The van der Waals surface area contributed by atoms with Gasteiger partial charge in [0, 0.05) is 30.3 Å². The second-order valence-electron chi connectivity index (χ2n) is 4.89. The molecule has 1 heterocycles. The molecular formula is C14H21NO3. The minimum atomic E-state index is 0.0743. The van der Waals surface area contributed by atoms with Crippen molar-refractivity contribution in [1.29, 1.82) is 0 Å². The lowest BCUT2D eigenvalue weighted by atomic mass is 10.0. The molecule has 1 aromatic rings. The summed E-state index contributed by atoms with van der Waals surface area (Å²) in [6.45, 7) is 4.57. The third kappa shape index (κ3) is 2.94. The van der Waals surface area contributed by atoms with E-state index in [2.05, 4.69) is 12.2 Å². The average molecular weight is 251 g/mol. The first-order valence-corrected chi connectivity index (χ1v) is 6.20. The van der Waals surface area contributed by atoms with E-state index < -0.39 is 0 Å².